The summed E-state index contributed by atoms with van der Waals surface area (Å²) in [5.41, 5.74) is 3.76. The van der Waals surface area contributed by atoms with Crippen LogP contribution in [0.4, 0.5) is 0 Å². The summed E-state index contributed by atoms with van der Waals surface area (Å²) in [6.45, 7) is 1.60. The summed E-state index contributed by atoms with van der Waals surface area (Å²) in [7, 11) is 0. The molecule has 1 N–H and O–H groups in total. The Bertz CT molecular complexity index is 1060. The molecule has 0 amide bonds. The molecule has 0 radical (unpaired) electrons. The highest BCUT2D eigenvalue weighted by molar-refractivity contribution is 5.86. The van der Waals surface area contributed by atoms with Crippen molar-refractivity contribution in [3.8, 4) is 11.5 Å². The van der Waals surface area contributed by atoms with Crippen LogP contribution >= 0.6 is 0 Å². The number of hydrogen-bond acceptors (Lipinski definition) is 7. The lowest BCUT2D eigenvalue weighted by atomic mass is 10.1. The summed E-state index contributed by atoms with van der Waals surface area (Å²) < 4.78 is 12.7. The van der Waals surface area contributed by atoms with Crippen molar-refractivity contribution in [3.63, 3.8) is 0 Å². The summed E-state index contributed by atoms with van der Waals surface area (Å²) in [6.07, 6.45) is 3.62. The van der Waals surface area contributed by atoms with Gasteiger partial charge in [0.15, 0.2) is 17.1 Å². The number of rotatable bonds is 4. The minimum absolute atomic E-state index is 0.240. The number of hydrogen-bond donors (Lipinski definition) is 1. The summed E-state index contributed by atoms with van der Waals surface area (Å²) in [6, 6.07) is 9.92. The average Bonchev–Trinajstić information content (AvgIpc) is 3.30. The molecule has 0 fully saturated rings. The van der Waals surface area contributed by atoms with E-state index in [9.17, 15) is 0 Å². The SMILES string of the molecule is c1cncc(CNCc2cc3cc4c(cc3n3nnnc23)OCO4)c1. The zero-order chi connectivity index (χ0) is 16.6. The smallest absolute Gasteiger partial charge is 0.231 e. The van der Waals surface area contributed by atoms with Gasteiger partial charge in [-0.05, 0) is 34.2 Å². The van der Waals surface area contributed by atoms with Crippen molar-refractivity contribution in [3.05, 3.63) is 53.9 Å². The first-order chi connectivity index (χ1) is 12.4. The molecule has 1 aliphatic rings. The van der Waals surface area contributed by atoms with E-state index in [4.69, 9.17) is 9.47 Å². The van der Waals surface area contributed by atoms with E-state index in [2.05, 4.69) is 31.9 Å². The second kappa shape index (κ2) is 5.67. The second-order valence-electron chi connectivity index (χ2n) is 5.81. The normalized spacial score (nSPS) is 13.0. The van der Waals surface area contributed by atoms with Crippen molar-refractivity contribution in [1.29, 1.82) is 0 Å². The zero-order valence-electron chi connectivity index (χ0n) is 13.2. The van der Waals surface area contributed by atoms with Gasteiger partial charge >= 0.3 is 0 Å². The van der Waals surface area contributed by atoms with Crippen molar-refractivity contribution in [1.82, 2.24) is 30.3 Å². The molecule has 124 valence electrons. The van der Waals surface area contributed by atoms with Gasteiger partial charge in [0, 0.05) is 42.5 Å². The molecule has 25 heavy (non-hydrogen) atoms. The fraction of sp³-hybridized carbons (Fsp3) is 0.176. The highest BCUT2D eigenvalue weighted by Crippen LogP contribution is 2.36. The van der Waals surface area contributed by atoms with E-state index in [0.29, 0.717) is 12.3 Å². The first-order valence-corrected chi connectivity index (χ1v) is 7.91. The van der Waals surface area contributed by atoms with Crippen LogP contribution in [-0.2, 0) is 13.1 Å². The van der Waals surface area contributed by atoms with E-state index in [1.807, 2.05) is 30.5 Å². The quantitative estimate of drug-likeness (QED) is 0.608. The molecule has 4 aromatic rings. The monoisotopic (exact) mass is 334 g/mol. The van der Waals surface area contributed by atoms with Gasteiger partial charge in [0.25, 0.3) is 0 Å². The Hall–Kier alpha value is -3.26. The van der Waals surface area contributed by atoms with Gasteiger partial charge in [0.2, 0.25) is 6.79 Å². The van der Waals surface area contributed by atoms with Gasteiger partial charge in [0.05, 0.1) is 5.52 Å². The van der Waals surface area contributed by atoms with Gasteiger partial charge in [-0.15, -0.1) is 5.10 Å². The number of nitrogens with one attached hydrogen (secondary N) is 1. The molecule has 0 saturated carbocycles. The number of fused-ring (bicyclic) bond motifs is 4. The lowest BCUT2D eigenvalue weighted by molar-refractivity contribution is 0.174. The van der Waals surface area contributed by atoms with Crippen molar-refractivity contribution in [2.45, 2.75) is 13.1 Å². The average molecular weight is 334 g/mol. The molecule has 8 nitrogen and oxygen atoms in total. The molecular formula is C17H14N6O2. The lowest BCUT2D eigenvalue weighted by Crippen LogP contribution is -2.14. The summed E-state index contributed by atoms with van der Waals surface area (Å²) >= 11 is 0. The Morgan fingerprint density at radius 3 is 2.92 bits per heavy atom. The number of pyridine rings is 2. The number of ether oxygens (including phenoxy) is 2. The Morgan fingerprint density at radius 1 is 1.12 bits per heavy atom. The van der Waals surface area contributed by atoms with E-state index in [1.165, 1.54) is 0 Å². The molecule has 1 aromatic carbocycles. The Labute approximate surface area is 142 Å². The Kier molecular flexibility index (Phi) is 3.20. The number of benzene rings is 1. The molecule has 1 aliphatic heterocycles. The van der Waals surface area contributed by atoms with Gasteiger partial charge in [-0.2, -0.15) is 4.52 Å². The highest BCUT2D eigenvalue weighted by atomic mass is 16.7. The maximum absolute atomic E-state index is 5.47. The number of tetrazole rings is 1. The number of aromatic nitrogens is 5. The highest BCUT2D eigenvalue weighted by Gasteiger charge is 2.17. The maximum Gasteiger partial charge on any atom is 0.231 e. The van der Waals surface area contributed by atoms with Crippen molar-refractivity contribution in [2.75, 3.05) is 6.79 Å². The minimum Gasteiger partial charge on any atom is -0.454 e. The van der Waals surface area contributed by atoms with Crippen LogP contribution in [-0.4, -0.2) is 31.8 Å². The summed E-state index contributed by atoms with van der Waals surface area (Å²) in [5, 5.41) is 16.5. The van der Waals surface area contributed by atoms with E-state index >= 15 is 0 Å². The van der Waals surface area contributed by atoms with Crippen LogP contribution in [0.1, 0.15) is 11.1 Å². The predicted molar refractivity (Wildman–Crippen MR) is 89.2 cm³/mol. The lowest BCUT2D eigenvalue weighted by Gasteiger charge is -2.09. The van der Waals surface area contributed by atoms with Crippen LogP contribution in [0.15, 0.2) is 42.7 Å². The van der Waals surface area contributed by atoms with Crippen LogP contribution < -0.4 is 14.8 Å². The molecule has 0 spiro atoms. The third-order valence-electron chi connectivity index (χ3n) is 4.20. The summed E-state index contributed by atoms with van der Waals surface area (Å²) in [4.78, 5) is 4.12. The van der Waals surface area contributed by atoms with Gasteiger partial charge in [-0.25, -0.2) is 0 Å². The fourth-order valence-corrected chi connectivity index (χ4v) is 3.02. The van der Waals surface area contributed by atoms with Crippen LogP contribution in [0.25, 0.3) is 16.6 Å². The molecule has 3 aromatic heterocycles. The van der Waals surface area contributed by atoms with E-state index < -0.39 is 0 Å². The first-order valence-electron chi connectivity index (χ1n) is 7.91. The van der Waals surface area contributed by atoms with Crippen LogP contribution in [0.3, 0.4) is 0 Å². The molecule has 4 heterocycles. The fourth-order valence-electron chi connectivity index (χ4n) is 3.02. The van der Waals surface area contributed by atoms with Crippen molar-refractivity contribution < 1.29 is 9.47 Å². The molecule has 0 atom stereocenters. The third kappa shape index (κ3) is 2.43. The zero-order valence-corrected chi connectivity index (χ0v) is 13.2. The molecule has 8 heteroatoms. The van der Waals surface area contributed by atoms with Crippen molar-refractivity contribution in [2.24, 2.45) is 0 Å². The first kappa shape index (κ1) is 14.1. The van der Waals surface area contributed by atoms with Crippen LogP contribution in [0.5, 0.6) is 11.5 Å². The molecule has 0 unspecified atom stereocenters. The van der Waals surface area contributed by atoms with Crippen molar-refractivity contribution >= 4 is 16.6 Å². The molecule has 0 saturated heterocycles. The summed E-state index contributed by atoms with van der Waals surface area (Å²) in [5.74, 6) is 1.46. The molecule has 0 bridgehead atoms. The molecule has 0 aliphatic carbocycles. The van der Waals surface area contributed by atoms with Gasteiger partial charge < -0.3 is 14.8 Å². The third-order valence-corrected chi connectivity index (χ3v) is 4.20. The van der Waals surface area contributed by atoms with Gasteiger partial charge in [-0.1, -0.05) is 6.07 Å². The topological polar surface area (TPSA) is 86.5 Å². The Balaban J connectivity index is 1.51. The minimum atomic E-state index is 0.240. The van der Waals surface area contributed by atoms with Gasteiger partial charge in [-0.3, -0.25) is 4.98 Å². The second-order valence-corrected chi connectivity index (χ2v) is 5.81. The number of nitrogens with zero attached hydrogens (tertiary/aromatic N) is 5. The van der Waals surface area contributed by atoms with Crippen LogP contribution in [0.2, 0.25) is 0 Å². The van der Waals surface area contributed by atoms with Gasteiger partial charge in [0.1, 0.15) is 0 Å². The van der Waals surface area contributed by atoms with E-state index in [1.54, 1.807) is 10.7 Å². The van der Waals surface area contributed by atoms with Crippen LogP contribution in [0, 0.1) is 0 Å². The predicted octanol–water partition coefficient (Wildman–Crippen LogP) is 1.69. The van der Waals surface area contributed by atoms with E-state index in [-0.39, 0.29) is 6.79 Å². The standard InChI is InChI=1S/C17H14N6O2/c1-2-11(7-18-3-1)8-19-9-13-4-12-5-15-16(25-10-24-15)6-14(12)23-17(13)20-21-22-23/h1-7,19H,8-10H2. The molecule has 5 rings (SSSR count). The largest absolute Gasteiger partial charge is 0.454 e. The van der Waals surface area contributed by atoms with E-state index in [0.717, 1.165) is 40.0 Å². The molecular weight excluding hydrogens is 320 g/mol. The Morgan fingerprint density at radius 2 is 2.04 bits per heavy atom. The maximum atomic E-state index is 5.47.